The van der Waals surface area contributed by atoms with Gasteiger partial charge in [0.1, 0.15) is 0 Å². The molecule has 1 aliphatic heterocycles. The van der Waals surface area contributed by atoms with Crippen LogP contribution in [0.1, 0.15) is 34.1 Å². The Morgan fingerprint density at radius 1 is 1.35 bits per heavy atom. The van der Waals surface area contributed by atoms with Crippen molar-refractivity contribution in [3.63, 3.8) is 0 Å². The molecule has 20 heavy (non-hydrogen) atoms. The maximum Gasteiger partial charge on any atom is 0.494 e. The molecule has 0 spiro atoms. The van der Waals surface area contributed by atoms with Crippen LogP contribution in [0.15, 0.2) is 23.4 Å². The van der Waals surface area contributed by atoms with Crippen molar-refractivity contribution in [3.8, 4) is 0 Å². The number of methoxy groups -OCH3 is 1. The molecule has 0 aromatic heterocycles. The van der Waals surface area contributed by atoms with Crippen LogP contribution in [0.3, 0.4) is 0 Å². The smallest absolute Gasteiger partial charge is 0.494 e. The summed E-state index contributed by atoms with van der Waals surface area (Å²) in [6, 6.07) is -0.828. The van der Waals surface area contributed by atoms with E-state index in [1.165, 1.54) is 7.11 Å². The summed E-state index contributed by atoms with van der Waals surface area (Å²) in [7, 11) is 0.924. The van der Waals surface area contributed by atoms with E-state index in [0.29, 0.717) is 5.76 Å². The summed E-state index contributed by atoms with van der Waals surface area (Å²) in [6.07, 6.45) is 3.73. The van der Waals surface area contributed by atoms with Crippen LogP contribution in [0.5, 0.6) is 0 Å². The first-order chi connectivity index (χ1) is 9.18. The highest BCUT2D eigenvalue weighted by atomic mass is 16.7. The minimum absolute atomic E-state index is 0.284. The van der Waals surface area contributed by atoms with Crippen molar-refractivity contribution in [2.75, 3.05) is 7.11 Å². The lowest BCUT2D eigenvalue weighted by molar-refractivity contribution is -0.516. The zero-order valence-corrected chi connectivity index (χ0v) is 12.5. The van der Waals surface area contributed by atoms with Crippen LogP contribution >= 0.6 is 0 Å². The second-order valence-corrected chi connectivity index (χ2v) is 6.08. The molecule has 1 unspecified atom stereocenters. The lowest BCUT2D eigenvalue weighted by atomic mass is 9.74. The molecule has 0 saturated carbocycles. The van der Waals surface area contributed by atoms with Crippen molar-refractivity contribution >= 4 is 7.12 Å². The fraction of sp³-hybridized carbons (Fsp3) is 0.692. The zero-order chi connectivity index (χ0) is 15.1. The minimum atomic E-state index is -0.828. The Morgan fingerprint density at radius 3 is 2.35 bits per heavy atom. The molecule has 0 bridgehead atoms. The van der Waals surface area contributed by atoms with Crippen LogP contribution in [0.25, 0.3) is 0 Å². The number of nitrogens with zero attached hydrogens (tertiary/aromatic N) is 1. The summed E-state index contributed by atoms with van der Waals surface area (Å²) in [4.78, 5) is 10.6. The SMILES string of the molecule is COC1=CC(B2OC(C)(C)C(C)(C)O2)=CCC1[N+](=O)[O-]. The van der Waals surface area contributed by atoms with Gasteiger partial charge in [-0.2, -0.15) is 0 Å². The molecule has 0 N–H and O–H groups in total. The molecule has 1 fully saturated rings. The lowest BCUT2D eigenvalue weighted by Crippen LogP contribution is -2.41. The van der Waals surface area contributed by atoms with Gasteiger partial charge < -0.3 is 14.0 Å². The van der Waals surface area contributed by atoms with Gasteiger partial charge in [-0.3, -0.25) is 10.1 Å². The summed E-state index contributed by atoms with van der Waals surface area (Å²) >= 11 is 0. The Kier molecular flexibility index (Phi) is 3.68. The number of hydrogen-bond acceptors (Lipinski definition) is 5. The number of ether oxygens (including phenoxy) is 1. The van der Waals surface area contributed by atoms with Gasteiger partial charge in [0.25, 0.3) is 6.04 Å². The summed E-state index contributed by atoms with van der Waals surface area (Å²) in [5.74, 6) is 0.335. The first-order valence-corrected chi connectivity index (χ1v) is 6.63. The predicted molar refractivity (Wildman–Crippen MR) is 74.7 cm³/mol. The average Bonchev–Trinajstić information content (AvgIpc) is 2.57. The number of hydrogen-bond donors (Lipinski definition) is 0. The van der Waals surface area contributed by atoms with E-state index in [4.69, 9.17) is 14.0 Å². The van der Waals surface area contributed by atoms with Crippen LogP contribution in [-0.2, 0) is 14.0 Å². The molecule has 0 radical (unpaired) electrons. The van der Waals surface area contributed by atoms with E-state index < -0.39 is 24.4 Å². The second kappa shape index (κ2) is 4.89. The Hall–Kier alpha value is -1.34. The van der Waals surface area contributed by atoms with Crippen molar-refractivity contribution in [3.05, 3.63) is 33.5 Å². The molecule has 0 amide bonds. The first kappa shape index (κ1) is 15.1. The number of nitro groups is 1. The Balaban J connectivity index is 2.21. The molecule has 1 heterocycles. The van der Waals surface area contributed by atoms with Crippen LogP contribution < -0.4 is 0 Å². The van der Waals surface area contributed by atoms with Gasteiger partial charge >= 0.3 is 7.12 Å². The molecule has 1 atom stereocenters. The maximum atomic E-state index is 11.0. The van der Waals surface area contributed by atoms with Crippen molar-refractivity contribution in [1.29, 1.82) is 0 Å². The van der Waals surface area contributed by atoms with Gasteiger partial charge in [-0.15, -0.1) is 0 Å². The second-order valence-electron chi connectivity index (χ2n) is 6.08. The zero-order valence-electron chi connectivity index (χ0n) is 12.5. The minimum Gasteiger partial charge on any atom is -0.494 e. The summed E-state index contributed by atoms with van der Waals surface area (Å²) < 4.78 is 17.0. The Bertz CT molecular complexity index is 467. The number of allylic oxidation sites excluding steroid dienone is 2. The van der Waals surface area contributed by atoms with Crippen LogP contribution in [0, 0.1) is 10.1 Å². The van der Waals surface area contributed by atoms with Gasteiger partial charge in [0.05, 0.1) is 18.3 Å². The van der Waals surface area contributed by atoms with E-state index in [0.717, 1.165) is 5.47 Å². The molecule has 1 aliphatic carbocycles. The molecular weight excluding hydrogens is 261 g/mol. The molecule has 6 nitrogen and oxygen atoms in total. The molecule has 7 heteroatoms. The molecule has 0 aromatic rings. The van der Waals surface area contributed by atoms with Crippen molar-refractivity contribution in [1.82, 2.24) is 0 Å². The topological polar surface area (TPSA) is 70.8 Å². The van der Waals surface area contributed by atoms with E-state index in [1.807, 2.05) is 27.7 Å². The standard InChI is InChI=1S/C13H20BNO5/c1-12(2)13(3,4)20-14(19-12)9-6-7-10(15(16)17)11(8-9)18-5/h6,8,10H,7H2,1-5H3. The van der Waals surface area contributed by atoms with Crippen molar-refractivity contribution in [2.24, 2.45) is 0 Å². The normalized spacial score (nSPS) is 27.9. The predicted octanol–water partition coefficient (Wildman–Crippen LogP) is 2.12. The van der Waals surface area contributed by atoms with Crippen LogP contribution in [0.2, 0.25) is 0 Å². The quantitative estimate of drug-likeness (QED) is 0.450. The third kappa shape index (κ3) is 2.47. The lowest BCUT2D eigenvalue weighted by Gasteiger charge is -2.32. The molecule has 1 saturated heterocycles. The van der Waals surface area contributed by atoms with E-state index in [-0.39, 0.29) is 11.3 Å². The molecule has 2 aliphatic rings. The average molecular weight is 281 g/mol. The Labute approximate surface area is 119 Å². The summed E-state index contributed by atoms with van der Waals surface area (Å²) in [5.41, 5.74) is -0.0856. The van der Waals surface area contributed by atoms with Gasteiger partial charge in [-0.1, -0.05) is 6.08 Å². The molecular formula is C13H20BNO5. The van der Waals surface area contributed by atoms with Gasteiger partial charge in [0, 0.05) is 11.3 Å². The third-order valence-corrected chi connectivity index (χ3v) is 4.23. The molecule has 0 aromatic carbocycles. The largest absolute Gasteiger partial charge is 0.494 e. The van der Waals surface area contributed by atoms with Crippen LogP contribution in [-0.4, -0.2) is 36.4 Å². The number of rotatable bonds is 3. The summed E-state index contributed by atoms with van der Waals surface area (Å²) in [5, 5.41) is 11.0. The Morgan fingerprint density at radius 2 is 1.90 bits per heavy atom. The van der Waals surface area contributed by atoms with Gasteiger partial charge in [-0.05, 0) is 39.2 Å². The highest BCUT2D eigenvalue weighted by Crippen LogP contribution is 2.39. The fourth-order valence-electron chi connectivity index (χ4n) is 2.21. The van der Waals surface area contributed by atoms with E-state index in [9.17, 15) is 10.1 Å². The monoisotopic (exact) mass is 281 g/mol. The highest BCUT2D eigenvalue weighted by Gasteiger charge is 2.52. The van der Waals surface area contributed by atoms with Crippen LogP contribution in [0.4, 0.5) is 0 Å². The van der Waals surface area contributed by atoms with Gasteiger partial charge in [-0.25, -0.2) is 0 Å². The third-order valence-electron chi connectivity index (χ3n) is 4.23. The molecule has 110 valence electrons. The maximum absolute atomic E-state index is 11.0. The molecule has 2 rings (SSSR count). The van der Waals surface area contributed by atoms with E-state index in [1.54, 1.807) is 12.2 Å². The first-order valence-electron chi connectivity index (χ1n) is 6.63. The van der Waals surface area contributed by atoms with Gasteiger partial charge in [0.15, 0.2) is 5.76 Å². The van der Waals surface area contributed by atoms with Crippen molar-refractivity contribution in [2.45, 2.75) is 51.4 Å². The summed E-state index contributed by atoms with van der Waals surface area (Å²) in [6.45, 7) is 7.88. The van der Waals surface area contributed by atoms with Gasteiger partial charge in [0.2, 0.25) is 0 Å². The van der Waals surface area contributed by atoms with Crippen molar-refractivity contribution < 1.29 is 19.0 Å². The fourth-order valence-corrected chi connectivity index (χ4v) is 2.21. The van der Waals surface area contributed by atoms with E-state index in [2.05, 4.69) is 0 Å². The van der Waals surface area contributed by atoms with E-state index >= 15 is 0 Å². The highest BCUT2D eigenvalue weighted by molar-refractivity contribution is 6.55.